The molecule has 0 amide bonds. The van der Waals surface area contributed by atoms with E-state index in [1.165, 1.54) is 0 Å². The third kappa shape index (κ3) is 3.23. The minimum Gasteiger partial charge on any atom is -0.497 e. The molecular weight excluding hydrogens is 230 g/mol. The van der Waals surface area contributed by atoms with Crippen LogP contribution >= 0.6 is 0 Å². The third-order valence-corrected chi connectivity index (χ3v) is 3.32. The first-order valence-corrected chi connectivity index (χ1v) is 6.24. The zero-order chi connectivity index (χ0) is 13.0. The van der Waals surface area contributed by atoms with Gasteiger partial charge in [0, 0.05) is 6.04 Å². The highest BCUT2D eigenvalue weighted by Crippen LogP contribution is 2.25. The fourth-order valence-electron chi connectivity index (χ4n) is 2.27. The van der Waals surface area contributed by atoms with E-state index in [9.17, 15) is 4.79 Å². The number of esters is 1. The fourth-order valence-corrected chi connectivity index (χ4v) is 2.27. The largest absolute Gasteiger partial charge is 0.497 e. The topological polar surface area (TPSA) is 61.5 Å². The Labute approximate surface area is 107 Å². The van der Waals surface area contributed by atoms with Crippen LogP contribution in [0, 0.1) is 5.92 Å². The summed E-state index contributed by atoms with van der Waals surface area (Å²) in [4.78, 5) is 11.8. The Morgan fingerprint density at radius 2 is 2.28 bits per heavy atom. The van der Waals surface area contributed by atoms with Crippen molar-refractivity contribution in [2.45, 2.75) is 31.9 Å². The average molecular weight is 249 g/mol. The highest BCUT2D eigenvalue weighted by Gasteiger charge is 2.28. The van der Waals surface area contributed by atoms with Crippen LogP contribution in [0.5, 0.6) is 5.75 Å². The molecule has 0 saturated heterocycles. The summed E-state index contributed by atoms with van der Waals surface area (Å²) < 4.78 is 10.4. The lowest BCUT2D eigenvalue weighted by atomic mass is 10.1. The van der Waals surface area contributed by atoms with Crippen LogP contribution in [-0.4, -0.2) is 19.1 Å². The molecule has 1 saturated carbocycles. The van der Waals surface area contributed by atoms with Crippen LogP contribution in [0.3, 0.4) is 0 Å². The van der Waals surface area contributed by atoms with Gasteiger partial charge in [-0.05, 0) is 37.0 Å². The van der Waals surface area contributed by atoms with Gasteiger partial charge in [-0.2, -0.15) is 0 Å². The van der Waals surface area contributed by atoms with Gasteiger partial charge in [0.05, 0.1) is 13.0 Å². The second-order valence-electron chi connectivity index (χ2n) is 4.73. The van der Waals surface area contributed by atoms with Crippen molar-refractivity contribution in [3.63, 3.8) is 0 Å². The molecule has 0 spiro atoms. The molecule has 2 rings (SSSR count). The number of ether oxygens (including phenoxy) is 2. The molecule has 1 aliphatic rings. The summed E-state index contributed by atoms with van der Waals surface area (Å²) >= 11 is 0. The van der Waals surface area contributed by atoms with Crippen molar-refractivity contribution in [1.29, 1.82) is 0 Å². The highest BCUT2D eigenvalue weighted by atomic mass is 16.5. The van der Waals surface area contributed by atoms with Gasteiger partial charge in [-0.3, -0.25) is 4.79 Å². The minimum absolute atomic E-state index is 0.0226. The predicted octanol–water partition coefficient (Wildman–Crippen LogP) is 1.87. The number of rotatable bonds is 4. The third-order valence-electron chi connectivity index (χ3n) is 3.32. The molecule has 98 valence electrons. The standard InChI is InChI=1S/C14H19NO3/c1-17-13-4-2-3-10(7-13)9-18-14(16)11-5-6-12(15)8-11/h2-4,7,11-12H,5-6,8-9,15H2,1H3. The molecule has 18 heavy (non-hydrogen) atoms. The Morgan fingerprint density at radius 1 is 1.44 bits per heavy atom. The highest BCUT2D eigenvalue weighted by molar-refractivity contribution is 5.72. The number of carbonyl (C=O) groups is 1. The summed E-state index contributed by atoms with van der Waals surface area (Å²) in [6.45, 7) is 0.293. The van der Waals surface area contributed by atoms with Crippen molar-refractivity contribution in [3.8, 4) is 5.75 Å². The zero-order valence-electron chi connectivity index (χ0n) is 10.6. The number of nitrogens with two attached hydrogens (primary N) is 1. The van der Waals surface area contributed by atoms with Gasteiger partial charge >= 0.3 is 5.97 Å². The van der Waals surface area contributed by atoms with Crippen LogP contribution in [0.2, 0.25) is 0 Å². The first-order valence-electron chi connectivity index (χ1n) is 6.24. The van der Waals surface area contributed by atoms with Crippen molar-refractivity contribution >= 4 is 5.97 Å². The van der Waals surface area contributed by atoms with E-state index in [4.69, 9.17) is 15.2 Å². The molecule has 0 radical (unpaired) electrons. The minimum atomic E-state index is -0.134. The Morgan fingerprint density at radius 3 is 2.94 bits per heavy atom. The summed E-state index contributed by atoms with van der Waals surface area (Å²) in [5, 5.41) is 0. The maximum Gasteiger partial charge on any atom is 0.309 e. The molecule has 0 bridgehead atoms. The predicted molar refractivity (Wildman–Crippen MR) is 68.1 cm³/mol. The van der Waals surface area contributed by atoms with E-state index < -0.39 is 0 Å². The lowest BCUT2D eigenvalue weighted by Gasteiger charge is -2.10. The van der Waals surface area contributed by atoms with Crippen molar-refractivity contribution in [2.24, 2.45) is 11.7 Å². The normalized spacial score (nSPS) is 22.8. The molecular formula is C14H19NO3. The van der Waals surface area contributed by atoms with Crippen LogP contribution in [0.15, 0.2) is 24.3 Å². The fraction of sp³-hybridized carbons (Fsp3) is 0.500. The molecule has 1 fully saturated rings. The summed E-state index contributed by atoms with van der Waals surface area (Å²) in [5.41, 5.74) is 6.72. The number of carbonyl (C=O) groups excluding carboxylic acids is 1. The maximum absolute atomic E-state index is 11.8. The zero-order valence-corrected chi connectivity index (χ0v) is 10.6. The van der Waals surface area contributed by atoms with Gasteiger partial charge in [0.15, 0.2) is 0 Å². The SMILES string of the molecule is COc1cccc(COC(=O)C2CCC(N)C2)c1. The van der Waals surface area contributed by atoms with Gasteiger partial charge in [-0.25, -0.2) is 0 Å². The average Bonchev–Trinajstić information content (AvgIpc) is 2.83. The maximum atomic E-state index is 11.8. The summed E-state index contributed by atoms with van der Waals surface area (Å²) in [6.07, 6.45) is 2.51. The number of methoxy groups -OCH3 is 1. The van der Waals surface area contributed by atoms with Crippen LogP contribution < -0.4 is 10.5 Å². The number of hydrogen-bond donors (Lipinski definition) is 1. The summed E-state index contributed by atoms with van der Waals surface area (Å²) in [6, 6.07) is 7.68. The first kappa shape index (κ1) is 12.9. The Bertz CT molecular complexity index is 419. The number of benzene rings is 1. The second-order valence-corrected chi connectivity index (χ2v) is 4.73. The van der Waals surface area contributed by atoms with Gasteiger partial charge in [0.2, 0.25) is 0 Å². The lowest BCUT2D eigenvalue weighted by molar-refractivity contribution is -0.149. The molecule has 4 heteroatoms. The lowest BCUT2D eigenvalue weighted by Crippen LogP contribution is -2.19. The van der Waals surface area contributed by atoms with Gasteiger partial charge in [-0.15, -0.1) is 0 Å². The van der Waals surface area contributed by atoms with Crippen molar-refractivity contribution < 1.29 is 14.3 Å². The summed E-state index contributed by atoms with van der Waals surface area (Å²) in [7, 11) is 1.62. The van der Waals surface area contributed by atoms with E-state index in [0.29, 0.717) is 6.61 Å². The molecule has 0 aliphatic heterocycles. The van der Waals surface area contributed by atoms with Crippen LogP contribution in [-0.2, 0) is 16.1 Å². The second kappa shape index (κ2) is 5.87. The Hall–Kier alpha value is -1.55. The molecule has 1 aromatic carbocycles. The molecule has 2 unspecified atom stereocenters. The summed E-state index contributed by atoms with van der Waals surface area (Å²) in [5.74, 6) is 0.614. The van der Waals surface area contributed by atoms with Crippen molar-refractivity contribution in [1.82, 2.24) is 0 Å². The number of hydrogen-bond acceptors (Lipinski definition) is 4. The van der Waals surface area contributed by atoms with E-state index in [0.717, 1.165) is 30.6 Å². The van der Waals surface area contributed by atoms with Gasteiger partial charge < -0.3 is 15.2 Å². The van der Waals surface area contributed by atoms with E-state index in [1.54, 1.807) is 7.11 Å². The molecule has 0 heterocycles. The molecule has 2 N–H and O–H groups in total. The van der Waals surface area contributed by atoms with Crippen LogP contribution in [0.1, 0.15) is 24.8 Å². The van der Waals surface area contributed by atoms with Crippen molar-refractivity contribution in [2.75, 3.05) is 7.11 Å². The molecule has 4 nitrogen and oxygen atoms in total. The Kier molecular flexibility index (Phi) is 4.20. The molecule has 0 aromatic heterocycles. The monoisotopic (exact) mass is 249 g/mol. The van der Waals surface area contributed by atoms with Gasteiger partial charge in [-0.1, -0.05) is 12.1 Å². The van der Waals surface area contributed by atoms with Gasteiger partial charge in [0.25, 0.3) is 0 Å². The van der Waals surface area contributed by atoms with E-state index in [-0.39, 0.29) is 17.9 Å². The molecule has 1 aromatic rings. The van der Waals surface area contributed by atoms with E-state index in [1.807, 2.05) is 24.3 Å². The van der Waals surface area contributed by atoms with E-state index >= 15 is 0 Å². The smallest absolute Gasteiger partial charge is 0.309 e. The quantitative estimate of drug-likeness (QED) is 0.827. The van der Waals surface area contributed by atoms with Crippen LogP contribution in [0.4, 0.5) is 0 Å². The van der Waals surface area contributed by atoms with Crippen molar-refractivity contribution in [3.05, 3.63) is 29.8 Å². The molecule has 1 aliphatic carbocycles. The van der Waals surface area contributed by atoms with E-state index in [2.05, 4.69) is 0 Å². The Balaban J connectivity index is 1.85. The van der Waals surface area contributed by atoms with Crippen LogP contribution in [0.25, 0.3) is 0 Å². The first-order chi connectivity index (χ1) is 8.69. The molecule has 2 atom stereocenters. The van der Waals surface area contributed by atoms with Gasteiger partial charge in [0.1, 0.15) is 12.4 Å².